The lowest BCUT2D eigenvalue weighted by Crippen LogP contribution is -2.39. The standard InChI is InChI=1S/C25H26F3N3O2/c1-15-21(19-10-4-11-20(28)22(19)25(33)31(15)29-13-5-12-26)24(32)30-23(16-6-2-7-16)17-8-3-9-18(27)14-17/h3-4,8-11,14,16,23,29H,2,5-7,12-13H2,1H3,(H,30,32)/t23-/m0/s1/i26-1. The minimum Gasteiger partial charge on any atom is -0.345 e. The van der Waals surface area contributed by atoms with Crippen molar-refractivity contribution in [3.05, 3.63) is 81.3 Å². The zero-order chi connectivity index (χ0) is 23.5. The molecule has 0 aliphatic heterocycles. The summed E-state index contributed by atoms with van der Waals surface area (Å²) < 4.78 is 42.3. The molecule has 1 saturated carbocycles. The number of amides is 1. The molecule has 33 heavy (non-hydrogen) atoms. The predicted octanol–water partition coefficient (Wildman–Crippen LogP) is 4.76. The Kier molecular flexibility index (Phi) is 6.72. The molecule has 5 nitrogen and oxygen atoms in total. The first-order valence-electron chi connectivity index (χ1n) is 11.1. The summed E-state index contributed by atoms with van der Waals surface area (Å²) in [6.45, 7) is 1.16. The molecule has 1 fully saturated rings. The highest BCUT2D eigenvalue weighted by molar-refractivity contribution is 6.08. The van der Waals surface area contributed by atoms with Crippen LogP contribution in [0.1, 0.15) is 53.3 Å². The van der Waals surface area contributed by atoms with Crippen molar-refractivity contribution in [3.8, 4) is 0 Å². The third kappa shape index (κ3) is 4.47. The van der Waals surface area contributed by atoms with E-state index >= 15 is 0 Å². The Labute approximate surface area is 189 Å². The number of carbonyl (C=O) groups excluding carboxylic acids is 1. The Bertz CT molecular complexity index is 1240. The minimum absolute atomic E-state index is 0.145. The maximum atomic E-state index is 14.7. The number of nitrogens with one attached hydrogen (secondary N) is 2. The Morgan fingerprint density at radius 1 is 1.18 bits per heavy atom. The van der Waals surface area contributed by atoms with Crippen LogP contribution >= 0.6 is 0 Å². The molecule has 8 heteroatoms. The van der Waals surface area contributed by atoms with E-state index in [0.717, 1.165) is 30.0 Å². The molecule has 0 spiro atoms. The lowest BCUT2D eigenvalue weighted by Gasteiger charge is -2.35. The van der Waals surface area contributed by atoms with E-state index in [2.05, 4.69) is 10.7 Å². The fourth-order valence-electron chi connectivity index (χ4n) is 4.42. The lowest BCUT2D eigenvalue weighted by molar-refractivity contribution is 0.0900. The molecule has 3 aromatic rings. The largest absolute Gasteiger partial charge is 0.345 e. The SMILES string of the molecule is Cc1c(C(=O)N[C@H](c2cccc(F)c2)C2CCC2)c2cccc(F)c2c(=O)n1NCCC[18F]. The third-order valence-electron chi connectivity index (χ3n) is 6.32. The van der Waals surface area contributed by atoms with Gasteiger partial charge in [0.1, 0.15) is 11.6 Å². The third-order valence-corrected chi connectivity index (χ3v) is 6.32. The van der Waals surface area contributed by atoms with Crippen molar-refractivity contribution < 1.29 is 18.0 Å². The quantitative estimate of drug-likeness (QED) is 0.481. The number of halogens is 3. The molecule has 1 aliphatic rings. The zero-order valence-electron chi connectivity index (χ0n) is 18.3. The number of alkyl halides is 1. The number of fused-ring (bicyclic) bond motifs is 1. The molecular formula is C25H26F3N3O2. The summed E-state index contributed by atoms with van der Waals surface area (Å²) in [5.74, 6) is -1.45. The zero-order valence-corrected chi connectivity index (χ0v) is 18.3. The number of pyridine rings is 1. The normalized spacial score (nSPS) is 14.7. The van der Waals surface area contributed by atoms with Gasteiger partial charge in [0.15, 0.2) is 0 Å². The fraction of sp³-hybridized carbons (Fsp3) is 0.360. The van der Waals surface area contributed by atoms with Gasteiger partial charge in [0.2, 0.25) is 0 Å². The maximum absolute atomic E-state index is 14.7. The fourth-order valence-corrected chi connectivity index (χ4v) is 4.42. The molecule has 1 aliphatic carbocycles. The molecule has 2 N–H and O–H groups in total. The first-order chi connectivity index (χ1) is 15.9. The average Bonchev–Trinajstić information content (AvgIpc) is 2.74. The highest BCUT2D eigenvalue weighted by Gasteiger charge is 2.31. The number of nitrogens with zero attached hydrogens (tertiary/aromatic N) is 1. The topological polar surface area (TPSA) is 63.1 Å². The van der Waals surface area contributed by atoms with E-state index in [1.54, 1.807) is 19.1 Å². The van der Waals surface area contributed by atoms with Gasteiger partial charge in [-0.15, -0.1) is 0 Å². The molecule has 1 amide bonds. The summed E-state index contributed by atoms with van der Waals surface area (Å²) in [5.41, 5.74) is 3.27. The van der Waals surface area contributed by atoms with E-state index in [0.29, 0.717) is 11.3 Å². The van der Waals surface area contributed by atoms with Crippen molar-refractivity contribution in [2.24, 2.45) is 5.92 Å². The molecule has 1 aromatic heterocycles. The molecule has 1 heterocycles. The molecule has 0 bridgehead atoms. The van der Waals surface area contributed by atoms with Gasteiger partial charge in [-0.1, -0.05) is 30.7 Å². The van der Waals surface area contributed by atoms with Crippen molar-refractivity contribution in [3.63, 3.8) is 0 Å². The van der Waals surface area contributed by atoms with Crippen LogP contribution in [0.15, 0.2) is 47.3 Å². The van der Waals surface area contributed by atoms with E-state index in [4.69, 9.17) is 0 Å². The Morgan fingerprint density at radius 3 is 2.61 bits per heavy atom. The number of aromatic nitrogens is 1. The van der Waals surface area contributed by atoms with Gasteiger partial charge >= 0.3 is 0 Å². The van der Waals surface area contributed by atoms with Crippen LogP contribution < -0.4 is 16.3 Å². The van der Waals surface area contributed by atoms with Crippen LogP contribution in [0.25, 0.3) is 10.8 Å². The van der Waals surface area contributed by atoms with Crippen molar-refractivity contribution in [2.45, 2.75) is 38.6 Å². The summed E-state index contributed by atoms with van der Waals surface area (Å²) in [6, 6.07) is 9.87. The van der Waals surface area contributed by atoms with Gasteiger partial charge in [-0.3, -0.25) is 14.0 Å². The van der Waals surface area contributed by atoms with Crippen molar-refractivity contribution in [1.82, 2.24) is 9.99 Å². The molecule has 1 atom stereocenters. The highest BCUT2D eigenvalue weighted by Crippen LogP contribution is 2.38. The number of carbonyl (C=O) groups is 1. The lowest BCUT2D eigenvalue weighted by atomic mass is 9.77. The molecular weight excluding hydrogens is 430 g/mol. The minimum atomic E-state index is -0.742. The van der Waals surface area contributed by atoms with Crippen LogP contribution in [0.4, 0.5) is 13.2 Å². The molecule has 2 aromatic carbocycles. The number of benzene rings is 2. The van der Waals surface area contributed by atoms with E-state index < -0.39 is 30.0 Å². The van der Waals surface area contributed by atoms with E-state index in [1.165, 1.54) is 24.3 Å². The predicted molar refractivity (Wildman–Crippen MR) is 122 cm³/mol. The van der Waals surface area contributed by atoms with Gasteiger partial charge in [0, 0.05) is 11.9 Å². The number of hydrogen-bond donors (Lipinski definition) is 2. The summed E-state index contributed by atoms with van der Waals surface area (Å²) in [6.07, 6.45) is 3.00. The van der Waals surface area contributed by atoms with Crippen LogP contribution in [0.5, 0.6) is 0 Å². The van der Waals surface area contributed by atoms with Crippen LogP contribution in [0, 0.1) is 24.5 Å². The maximum Gasteiger partial charge on any atom is 0.279 e. The highest BCUT2D eigenvalue weighted by atomic mass is 19.1. The molecule has 174 valence electrons. The van der Waals surface area contributed by atoms with Crippen molar-refractivity contribution in [2.75, 3.05) is 18.6 Å². The van der Waals surface area contributed by atoms with Crippen molar-refractivity contribution >= 4 is 16.7 Å². The Balaban J connectivity index is 1.79. The second-order valence-electron chi connectivity index (χ2n) is 8.41. The Morgan fingerprint density at radius 2 is 1.94 bits per heavy atom. The molecule has 4 rings (SSSR count). The molecule has 0 saturated heterocycles. The monoisotopic (exact) mass is 456 g/mol. The summed E-state index contributed by atoms with van der Waals surface area (Å²) in [7, 11) is 0. The Hall–Kier alpha value is -3.29. The second kappa shape index (κ2) is 9.68. The average molecular weight is 456 g/mol. The van der Waals surface area contributed by atoms with Gasteiger partial charge in [-0.05, 0) is 55.9 Å². The smallest absolute Gasteiger partial charge is 0.279 e. The second-order valence-corrected chi connectivity index (χ2v) is 8.41. The van der Waals surface area contributed by atoms with Gasteiger partial charge in [0.25, 0.3) is 11.5 Å². The van der Waals surface area contributed by atoms with Crippen LogP contribution in [0.3, 0.4) is 0 Å². The first kappa shape index (κ1) is 22.9. The van der Waals surface area contributed by atoms with Crippen LogP contribution in [0.2, 0.25) is 0 Å². The summed E-state index contributed by atoms with van der Waals surface area (Å²) in [4.78, 5) is 26.5. The van der Waals surface area contributed by atoms with Gasteiger partial charge < -0.3 is 10.7 Å². The van der Waals surface area contributed by atoms with Crippen molar-refractivity contribution in [1.29, 1.82) is 0 Å². The first-order valence-corrected chi connectivity index (χ1v) is 11.1. The number of hydrogen-bond acceptors (Lipinski definition) is 3. The molecule has 0 radical (unpaired) electrons. The van der Waals surface area contributed by atoms with Gasteiger partial charge in [0.05, 0.1) is 29.4 Å². The number of rotatable bonds is 8. The van der Waals surface area contributed by atoms with Crippen LogP contribution in [-0.2, 0) is 0 Å². The molecule has 0 unspecified atom stereocenters. The van der Waals surface area contributed by atoms with Gasteiger partial charge in [-0.25, -0.2) is 13.5 Å². The van der Waals surface area contributed by atoms with E-state index in [-0.39, 0.29) is 41.0 Å². The summed E-state index contributed by atoms with van der Waals surface area (Å²) >= 11 is 0. The van der Waals surface area contributed by atoms with Gasteiger partial charge in [-0.2, -0.15) is 0 Å². The van der Waals surface area contributed by atoms with E-state index in [1.807, 2.05) is 0 Å². The van der Waals surface area contributed by atoms with Crippen LogP contribution in [-0.4, -0.2) is 23.8 Å². The summed E-state index contributed by atoms with van der Waals surface area (Å²) in [5, 5.41) is 3.00. The van der Waals surface area contributed by atoms with E-state index in [9.17, 15) is 22.8 Å².